The highest BCUT2D eigenvalue weighted by Crippen LogP contribution is 2.30. The molecule has 4 rings (SSSR count). The lowest BCUT2D eigenvalue weighted by atomic mass is 10.0. The van der Waals surface area contributed by atoms with Crippen LogP contribution in [-0.2, 0) is 16.0 Å². The zero-order valence-electron chi connectivity index (χ0n) is 22.7. The Balaban J connectivity index is 1.72. The van der Waals surface area contributed by atoms with E-state index in [-0.39, 0.29) is 34.8 Å². The highest BCUT2D eigenvalue weighted by Gasteiger charge is 2.35. The molecule has 2 atom stereocenters. The molecule has 3 amide bonds. The zero-order chi connectivity index (χ0) is 28.6. The molecule has 10 nitrogen and oxygen atoms in total. The summed E-state index contributed by atoms with van der Waals surface area (Å²) in [6.07, 6.45) is 2.21. The number of nitrogens with zero attached hydrogens (tertiary/aromatic N) is 2. The molecule has 0 unspecified atom stereocenters. The molecule has 212 valence electrons. The summed E-state index contributed by atoms with van der Waals surface area (Å²) in [4.78, 5) is 41.3. The maximum absolute atomic E-state index is 14.1. The molecule has 0 radical (unpaired) electrons. The number of rotatable bonds is 12. The van der Waals surface area contributed by atoms with Gasteiger partial charge in [0, 0.05) is 19.7 Å². The predicted octanol–water partition coefficient (Wildman–Crippen LogP) is 3.25. The first-order chi connectivity index (χ1) is 19.3. The lowest BCUT2D eigenvalue weighted by Crippen LogP contribution is -2.46. The second kappa shape index (κ2) is 13.4. The quantitative estimate of drug-likeness (QED) is 0.305. The predicted molar refractivity (Wildman–Crippen MR) is 153 cm³/mol. The molecule has 0 saturated carbocycles. The molecule has 40 heavy (non-hydrogen) atoms. The summed E-state index contributed by atoms with van der Waals surface area (Å²) >= 11 is 0.793. The van der Waals surface area contributed by atoms with Gasteiger partial charge < -0.3 is 31.2 Å². The van der Waals surface area contributed by atoms with Gasteiger partial charge in [0.15, 0.2) is 5.69 Å². The minimum atomic E-state index is -0.993. The van der Waals surface area contributed by atoms with Crippen LogP contribution in [0.25, 0.3) is 0 Å². The number of hydrogen-bond acceptors (Lipinski definition) is 8. The first-order valence-electron chi connectivity index (χ1n) is 13.3. The van der Waals surface area contributed by atoms with Gasteiger partial charge in [0.1, 0.15) is 16.7 Å². The molecule has 1 aliphatic heterocycles. The molecule has 1 fully saturated rings. The van der Waals surface area contributed by atoms with Gasteiger partial charge in [0.25, 0.3) is 11.8 Å². The van der Waals surface area contributed by atoms with Crippen LogP contribution in [0.5, 0.6) is 5.75 Å². The van der Waals surface area contributed by atoms with Gasteiger partial charge in [0.2, 0.25) is 5.91 Å². The Hall–Kier alpha value is -3.96. The number of nitrogens with one attached hydrogen (secondary N) is 1. The number of amides is 3. The summed E-state index contributed by atoms with van der Waals surface area (Å²) in [7, 11) is 0. The SMILES string of the molecule is CCOc1ccc([C@@H](C(=O)NC[C@H]2CCCO2)N(CCc2cccc(C)c2)C(=O)c2snc(C(N)=O)c2N)cc1. The van der Waals surface area contributed by atoms with E-state index in [1.807, 2.05) is 38.1 Å². The van der Waals surface area contributed by atoms with Gasteiger partial charge in [-0.2, -0.15) is 4.37 Å². The van der Waals surface area contributed by atoms with Gasteiger partial charge in [-0.3, -0.25) is 14.4 Å². The third-order valence-corrected chi connectivity index (χ3v) is 7.59. The molecule has 2 heterocycles. The monoisotopic (exact) mass is 565 g/mol. The number of carbonyl (C=O) groups excluding carboxylic acids is 3. The minimum Gasteiger partial charge on any atom is -0.494 e. The fourth-order valence-electron chi connectivity index (χ4n) is 4.73. The maximum Gasteiger partial charge on any atom is 0.270 e. The number of nitrogens with two attached hydrogens (primary N) is 2. The van der Waals surface area contributed by atoms with Crippen molar-refractivity contribution in [2.45, 2.75) is 45.3 Å². The molecule has 0 bridgehead atoms. The van der Waals surface area contributed by atoms with Crippen molar-refractivity contribution in [3.05, 3.63) is 75.8 Å². The summed E-state index contributed by atoms with van der Waals surface area (Å²) in [5.74, 6) is -1.03. The van der Waals surface area contributed by atoms with E-state index >= 15 is 0 Å². The number of aryl methyl sites for hydroxylation is 1. The van der Waals surface area contributed by atoms with Crippen LogP contribution < -0.4 is 21.5 Å². The van der Waals surface area contributed by atoms with Crippen molar-refractivity contribution in [2.75, 3.05) is 32.0 Å². The molecule has 2 aromatic carbocycles. The van der Waals surface area contributed by atoms with Gasteiger partial charge in [-0.25, -0.2) is 0 Å². The van der Waals surface area contributed by atoms with Gasteiger partial charge in [-0.1, -0.05) is 42.0 Å². The molecular weight excluding hydrogens is 530 g/mol. The average Bonchev–Trinajstić information content (AvgIpc) is 3.60. The van der Waals surface area contributed by atoms with Crippen molar-refractivity contribution in [1.82, 2.24) is 14.6 Å². The number of aromatic nitrogens is 1. The van der Waals surface area contributed by atoms with E-state index < -0.39 is 17.9 Å². The Morgan fingerprint density at radius 3 is 2.62 bits per heavy atom. The molecule has 11 heteroatoms. The Bertz CT molecular complexity index is 1340. The van der Waals surface area contributed by atoms with Crippen molar-refractivity contribution in [1.29, 1.82) is 0 Å². The van der Waals surface area contributed by atoms with Crippen molar-refractivity contribution in [3.63, 3.8) is 0 Å². The topological polar surface area (TPSA) is 150 Å². The Kier molecular flexibility index (Phi) is 9.73. The lowest BCUT2D eigenvalue weighted by Gasteiger charge is -2.31. The van der Waals surface area contributed by atoms with Crippen LogP contribution in [0.4, 0.5) is 5.69 Å². The maximum atomic E-state index is 14.1. The minimum absolute atomic E-state index is 0.0564. The highest BCUT2D eigenvalue weighted by atomic mass is 32.1. The van der Waals surface area contributed by atoms with Crippen LogP contribution in [0.3, 0.4) is 0 Å². The number of carbonyl (C=O) groups is 3. The van der Waals surface area contributed by atoms with E-state index in [2.05, 4.69) is 9.69 Å². The lowest BCUT2D eigenvalue weighted by molar-refractivity contribution is -0.126. The first-order valence-corrected chi connectivity index (χ1v) is 14.1. The van der Waals surface area contributed by atoms with E-state index in [0.717, 1.165) is 35.5 Å². The van der Waals surface area contributed by atoms with Crippen molar-refractivity contribution >= 4 is 34.9 Å². The Labute approximate surface area is 237 Å². The fraction of sp³-hybridized carbons (Fsp3) is 0.379. The standard InChI is InChI=1S/C29H35N5O5S/c1-3-38-21-11-9-20(10-12-21)25(28(36)32-17-22-8-5-15-39-22)34(14-13-19-7-4-6-18(2)16-19)29(37)26-23(30)24(27(31)35)33-40-26/h4,6-7,9-12,16,22,25H,3,5,8,13-15,17,30H2,1-2H3,(H2,31,35)(H,32,36)/t22-,25+/m1/s1. The van der Waals surface area contributed by atoms with Crippen LogP contribution in [-0.4, -0.2) is 59.4 Å². The van der Waals surface area contributed by atoms with Crippen LogP contribution in [0.2, 0.25) is 0 Å². The summed E-state index contributed by atoms with van der Waals surface area (Å²) in [5.41, 5.74) is 14.0. The van der Waals surface area contributed by atoms with E-state index in [4.69, 9.17) is 20.9 Å². The number of primary amides is 1. The van der Waals surface area contributed by atoms with Crippen LogP contribution in [0.1, 0.15) is 62.7 Å². The summed E-state index contributed by atoms with van der Waals surface area (Å²) in [6, 6.07) is 14.1. The van der Waals surface area contributed by atoms with E-state index in [0.29, 0.717) is 37.5 Å². The summed E-state index contributed by atoms with van der Waals surface area (Å²) < 4.78 is 15.3. The molecule has 5 N–H and O–H groups in total. The van der Waals surface area contributed by atoms with Crippen molar-refractivity contribution < 1.29 is 23.9 Å². The first kappa shape index (κ1) is 29.0. The van der Waals surface area contributed by atoms with E-state index in [1.165, 1.54) is 4.90 Å². The van der Waals surface area contributed by atoms with Gasteiger partial charge in [0.05, 0.1) is 18.4 Å². The molecular formula is C29H35N5O5S. The van der Waals surface area contributed by atoms with Crippen LogP contribution in [0, 0.1) is 6.92 Å². The van der Waals surface area contributed by atoms with E-state index in [9.17, 15) is 14.4 Å². The molecule has 1 aromatic heterocycles. The second-order valence-electron chi connectivity index (χ2n) is 9.66. The fourth-order valence-corrected chi connectivity index (χ4v) is 5.49. The van der Waals surface area contributed by atoms with Gasteiger partial charge in [-0.15, -0.1) is 0 Å². The smallest absolute Gasteiger partial charge is 0.270 e. The molecule has 0 spiro atoms. The zero-order valence-corrected chi connectivity index (χ0v) is 23.5. The third kappa shape index (κ3) is 6.97. The van der Waals surface area contributed by atoms with Crippen molar-refractivity contribution in [2.24, 2.45) is 5.73 Å². The molecule has 3 aromatic rings. The number of anilines is 1. The summed E-state index contributed by atoms with van der Waals surface area (Å²) in [5, 5.41) is 2.99. The third-order valence-electron chi connectivity index (χ3n) is 6.74. The highest BCUT2D eigenvalue weighted by molar-refractivity contribution is 7.09. The molecule has 1 aliphatic rings. The Morgan fingerprint density at radius 1 is 1.23 bits per heavy atom. The van der Waals surface area contributed by atoms with Crippen LogP contribution >= 0.6 is 11.5 Å². The second-order valence-corrected chi connectivity index (χ2v) is 10.4. The normalized spacial score (nSPS) is 15.4. The van der Waals surface area contributed by atoms with Gasteiger partial charge in [-0.05, 0) is 67.9 Å². The number of nitrogen functional groups attached to an aromatic ring is 1. The summed E-state index contributed by atoms with van der Waals surface area (Å²) in [6.45, 7) is 5.59. The van der Waals surface area contributed by atoms with Gasteiger partial charge >= 0.3 is 0 Å². The average molecular weight is 566 g/mol. The molecule has 0 aliphatic carbocycles. The van der Waals surface area contributed by atoms with Crippen LogP contribution in [0.15, 0.2) is 48.5 Å². The Morgan fingerprint density at radius 2 is 2.00 bits per heavy atom. The van der Waals surface area contributed by atoms with E-state index in [1.54, 1.807) is 24.3 Å². The largest absolute Gasteiger partial charge is 0.494 e. The number of benzene rings is 2. The van der Waals surface area contributed by atoms with Crippen molar-refractivity contribution in [3.8, 4) is 5.75 Å². The number of ether oxygens (including phenoxy) is 2. The number of hydrogen-bond donors (Lipinski definition) is 3. The molecule has 1 saturated heterocycles.